The third-order valence-electron chi connectivity index (χ3n) is 7.77. The molecule has 1 aromatic carbocycles. The number of rotatable bonds is 8. The molecule has 2 atom stereocenters. The van der Waals surface area contributed by atoms with Gasteiger partial charge in [0.1, 0.15) is 11.4 Å². The molecule has 4 amide bonds. The minimum absolute atomic E-state index is 0.0135. The highest BCUT2D eigenvalue weighted by Gasteiger charge is 2.45. The standard InChI is InChI=1S/C31H45F3N4O6/c1-9-19(3)38(20-12-11-14-36(18-20)28(42)44-29(4,5)6)26(40)21-16-23-24(17-22(21)31(32,33)34)43-30(7,8)27(41)37(23)15-13-35-25(39)10-2/h16-17,19-20H,9-15,18H2,1-8H3,(H,35,39)/t19?,20-/m1/s1. The van der Waals surface area contributed by atoms with Crippen LogP contribution in [0.3, 0.4) is 0 Å². The smallest absolute Gasteiger partial charge is 0.417 e. The number of hydrogen-bond acceptors (Lipinski definition) is 6. The molecule has 1 saturated heterocycles. The van der Waals surface area contributed by atoms with Gasteiger partial charge in [0.25, 0.3) is 11.8 Å². The highest BCUT2D eigenvalue weighted by molar-refractivity contribution is 6.05. The summed E-state index contributed by atoms with van der Waals surface area (Å²) in [7, 11) is 0. The normalized spacial score (nSPS) is 19.1. The lowest BCUT2D eigenvalue weighted by Crippen LogP contribution is -2.55. The molecule has 2 aliphatic heterocycles. The number of amides is 4. The van der Waals surface area contributed by atoms with Gasteiger partial charge in [-0.1, -0.05) is 13.8 Å². The van der Waals surface area contributed by atoms with E-state index in [-0.39, 0.29) is 43.4 Å². The molecule has 0 radical (unpaired) electrons. The molecule has 246 valence electrons. The van der Waals surface area contributed by atoms with Crippen molar-refractivity contribution in [1.82, 2.24) is 15.1 Å². The van der Waals surface area contributed by atoms with Gasteiger partial charge in [0.15, 0.2) is 5.60 Å². The Kier molecular flexibility index (Phi) is 10.5. The van der Waals surface area contributed by atoms with Crippen molar-refractivity contribution in [3.8, 4) is 5.75 Å². The van der Waals surface area contributed by atoms with Gasteiger partial charge in [-0.3, -0.25) is 14.4 Å². The van der Waals surface area contributed by atoms with Gasteiger partial charge in [-0.25, -0.2) is 4.79 Å². The van der Waals surface area contributed by atoms with Crippen LogP contribution in [0.15, 0.2) is 12.1 Å². The third kappa shape index (κ3) is 7.95. The summed E-state index contributed by atoms with van der Waals surface area (Å²) in [4.78, 5) is 56.4. The molecule has 1 aromatic rings. The van der Waals surface area contributed by atoms with Crippen LogP contribution < -0.4 is 15.0 Å². The van der Waals surface area contributed by atoms with Gasteiger partial charge in [-0.15, -0.1) is 0 Å². The molecular formula is C31H45F3N4O6. The predicted octanol–water partition coefficient (Wildman–Crippen LogP) is 5.38. The Morgan fingerprint density at radius 3 is 2.41 bits per heavy atom. The number of halogens is 3. The van der Waals surface area contributed by atoms with Gasteiger partial charge >= 0.3 is 12.3 Å². The van der Waals surface area contributed by atoms with Crippen LogP contribution in [0.4, 0.5) is 23.7 Å². The first-order chi connectivity index (χ1) is 20.3. The van der Waals surface area contributed by atoms with Gasteiger partial charge in [0, 0.05) is 38.6 Å². The quantitative estimate of drug-likeness (QED) is 0.416. The van der Waals surface area contributed by atoms with Crippen LogP contribution in [-0.4, -0.2) is 83.1 Å². The number of carbonyl (C=O) groups excluding carboxylic acids is 4. The summed E-state index contributed by atoms with van der Waals surface area (Å²) in [5.41, 5.74) is -4.00. The van der Waals surface area contributed by atoms with E-state index in [0.29, 0.717) is 25.8 Å². The Hall–Kier alpha value is -3.51. The molecular weight excluding hydrogens is 581 g/mol. The van der Waals surface area contributed by atoms with Gasteiger partial charge in [0.2, 0.25) is 5.91 Å². The first-order valence-electron chi connectivity index (χ1n) is 15.1. The van der Waals surface area contributed by atoms with Crippen LogP contribution in [-0.2, 0) is 20.5 Å². The van der Waals surface area contributed by atoms with Crippen LogP contribution in [0, 0.1) is 0 Å². The second kappa shape index (κ2) is 13.2. The zero-order valence-corrected chi connectivity index (χ0v) is 26.9. The lowest BCUT2D eigenvalue weighted by Gasteiger charge is -2.43. The average Bonchev–Trinajstić information content (AvgIpc) is 2.92. The van der Waals surface area contributed by atoms with E-state index >= 15 is 0 Å². The lowest BCUT2D eigenvalue weighted by atomic mass is 9.96. The van der Waals surface area contributed by atoms with Crippen LogP contribution in [0.5, 0.6) is 5.75 Å². The van der Waals surface area contributed by atoms with Crippen molar-refractivity contribution >= 4 is 29.5 Å². The van der Waals surface area contributed by atoms with E-state index in [4.69, 9.17) is 9.47 Å². The van der Waals surface area contributed by atoms with Crippen molar-refractivity contribution in [2.45, 2.75) is 111 Å². The topological polar surface area (TPSA) is 108 Å². The summed E-state index contributed by atoms with van der Waals surface area (Å²) in [6.07, 6.45) is -3.75. The number of piperidine rings is 1. The molecule has 2 aliphatic rings. The Morgan fingerprint density at radius 2 is 1.84 bits per heavy atom. The van der Waals surface area contributed by atoms with Crippen molar-refractivity contribution < 1.29 is 41.8 Å². The van der Waals surface area contributed by atoms with E-state index in [0.717, 1.165) is 12.1 Å². The fourth-order valence-corrected chi connectivity index (χ4v) is 5.42. The average molecular weight is 627 g/mol. The first-order valence-corrected chi connectivity index (χ1v) is 15.1. The van der Waals surface area contributed by atoms with E-state index in [1.807, 2.05) is 6.92 Å². The van der Waals surface area contributed by atoms with Crippen LogP contribution in [0.25, 0.3) is 0 Å². The minimum atomic E-state index is -4.91. The van der Waals surface area contributed by atoms with Gasteiger partial charge in [-0.2, -0.15) is 13.2 Å². The molecule has 2 heterocycles. The monoisotopic (exact) mass is 626 g/mol. The molecule has 13 heteroatoms. The SMILES string of the molecule is CCC(=O)NCCN1C(=O)C(C)(C)Oc2cc(C(F)(F)F)c(C(=O)N(C(C)CC)[C@@H]3CCCN(C(=O)OC(C)(C)C)C3)cc21. The maximum absolute atomic E-state index is 14.6. The summed E-state index contributed by atoms with van der Waals surface area (Å²) in [5.74, 6) is -1.82. The zero-order valence-electron chi connectivity index (χ0n) is 26.9. The van der Waals surface area contributed by atoms with Gasteiger partial charge in [0.05, 0.1) is 22.9 Å². The van der Waals surface area contributed by atoms with Crippen molar-refractivity contribution in [3.63, 3.8) is 0 Å². The molecule has 1 fully saturated rings. The number of nitrogens with zero attached hydrogens (tertiary/aromatic N) is 3. The fraction of sp³-hybridized carbons (Fsp3) is 0.677. The molecule has 0 spiro atoms. The molecule has 1 unspecified atom stereocenters. The Labute approximate surface area is 257 Å². The molecule has 1 N–H and O–H groups in total. The van der Waals surface area contributed by atoms with E-state index in [9.17, 15) is 32.3 Å². The number of alkyl halides is 3. The molecule has 0 saturated carbocycles. The van der Waals surface area contributed by atoms with Crippen molar-refractivity contribution in [1.29, 1.82) is 0 Å². The Bertz CT molecular complexity index is 1260. The number of carbonyl (C=O) groups is 4. The van der Waals surface area contributed by atoms with E-state index in [1.165, 1.54) is 28.5 Å². The highest BCUT2D eigenvalue weighted by Crippen LogP contribution is 2.44. The summed E-state index contributed by atoms with van der Waals surface area (Å²) in [6, 6.07) is 0.823. The number of hydrogen-bond donors (Lipinski definition) is 1. The molecule has 0 aromatic heterocycles. The number of nitrogens with one attached hydrogen (secondary N) is 1. The lowest BCUT2D eigenvalue weighted by molar-refractivity contribution is -0.138. The summed E-state index contributed by atoms with van der Waals surface area (Å²) in [5, 5.41) is 2.67. The molecule has 10 nitrogen and oxygen atoms in total. The maximum Gasteiger partial charge on any atom is 0.417 e. The van der Waals surface area contributed by atoms with E-state index < -0.39 is 58.5 Å². The number of anilines is 1. The van der Waals surface area contributed by atoms with Crippen LogP contribution in [0.2, 0.25) is 0 Å². The summed E-state index contributed by atoms with van der Waals surface area (Å²) >= 11 is 0. The molecule has 0 aliphatic carbocycles. The minimum Gasteiger partial charge on any atom is -0.476 e. The zero-order chi connectivity index (χ0) is 33.2. The van der Waals surface area contributed by atoms with E-state index in [1.54, 1.807) is 34.6 Å². The predicted molar refractivity (Wildman–Crippen MR) is 159 cm³/mol. The van der Waals surface area contributed by atoms with Crippen molar-refractivity contribution in [3.05, 3.63) is 23.3 Å². The van der Waals surface area contributed by atoms with Crippen LogP contribution >= 0.6 is 0 Å². The second-order valence-electron chi connectivity index (χ2n) is 12.8. The van der Waals surface area contributed by atoms with Gasteiger partial charge in [-0.05, 0) is 72.9 Å². The largest absolute Gasteiger partial charge is 0.476 e. The van der Waals surface area contributed by atoms with Gasteiger partial charge < -0.3 is 29.5 Å². The first kappa shape index (κ1) is 35.0. The molecule has 44 heavy (non-hydrogen) atoms. The number of likely N-dealkylation sites (tertiary alicyclic amines) is 1. The summed E-state index contributed by atoms with van der Waals surface area (Å²) < 4.78 is 55.0. The Balaban J connectivity index is 2.08. The number of ether oxygens (including phenoxy) is 2. The van der Waals surface area contributed by atoms with Crippen molar-refractivity contribution in [2.75, 3.05) is 31.1 Å². The highest BCUT2D eigenvalue weighted by atomic mass is 19.4. The van der Waals surface area contributed by atoms with E-state index in [2.05, 4.69) is 5.32 Å². The molecule has 3 rings (SSSR count). The van der Waals surface area contributed by atoms with Crippen molar-refractivity contribution in [2.24, 2.45) is 0 Å². The summed E-state index contributed by atoms with van der Waals surface area (Å²) in [6.45, 7) is 13.9. The second-order valence-corrected chi connectivity index (χ2v) is 12.8. The Morgan fingerprint density at radius 1 is 1.18 bits per heavy atom. The number of benzene rings is 1. The molecule has 0 bridgehead atoms. The number of fused-ring (bicyclic) bond motifs is 1. The fourth-order valence-electron chi connectivity index (χ4n) is 5.42. The van der Waals surface area contributed by atoms with Crippen LogP contribution in [0.1, 0.15) is 97.0 Å². The third-order valence-corrected chi connectivity index (χ3v) is 7.77. The maximum atomic E-state index is 14.6.